The van der Waals surface area contributed by atoms with E-state index in [0.717, 1.165) is 24.2 Å². The van der Waals surface area contributed by atoms with Gasteiger partial charge in [-0.25, -0.2) is 0 Å². The SMILES string of the molecule is [CH2][C@H]1N[C@H](C=C)CC[C@H]1OCc1ccc(OC)cc1. The molecule has 0 aliphatic carbocycles. The molecule has 3 nitrogen and oxygen atoms in total. The van der Waals surface area contributed by atoms with Crippen molar-refractivity contribution in [2.24, 2.45) is 0 Å². The monoisotopic (exact) mass is 260 g/mol. The zero-order valence-electron chi connectivity index (χ0n) is 11.5. The molecule has 103 valence electrons. The number of nitrogens with one attached hydrogen (secondary N) is 1. The lowest BCUT2D eigenvalue weighted by Crippen LogP contribution is -2.49. The second kappa shape index (κ2) is 6.73. The first-order chi connectivity index (χ1) is 9.22. The van der Waals surface area contributed by atoms with E-state index in [1.807, 2.05) is 30.3 Å². The van der Waals surface area contributed by atoms with Gasteiger partial charge < -0.3 is 14.8 Å². The van der Waals surface area contributed by atoms with Gasteiger partial charge in [-0.05, 0) is 37.5 Å². The average Bonchev–Trinajstić information content (AvgIpc) is 2.46. The smallest absolute Gasteiger partial charge is 0.118 e. The van der Waals surface area contributed by atoms with Crippen LogP contribution >= 0.6 is 0 Å². The Morgan fingerprint density at radius 3 is 2.63 bits per heavy atom. The standard InChI is InChI=1S/C16H22NO2/c1-4-14-7-10-16(12(2)17-14)19-11-13-5-8-15(18-3)9-6-13/h4-6,8-9,12,14,16-17H,1-2,7,10-11H2,3H3/t12-,14-,16-/m1/s1. The molecule has 0 bridgehead atoms. The summed E-state index contributed by atoms with van der Waals surface area (Å²) in [4.78, 5) is 0. The van der Waals surface area contributed by atoms with Crippen LogP contribution in [0.2, 0.25) is 0 Å². The minimum atomic E-state index is 0.120. The Morgan fingerprint density at radius 2 is 2.05 bits per heavy atom. The van der Waals surface area contributed by atoms with Crippen LogP contribution in [0.15, 0.2) is 36.9 Å². The summed E-state index contributed by atoms with van der Waals surface area (Å²) >= 11 is 0. The summed E-state index contributed by atoms with van der Waals surface area (Å²) in [7, 11) is 1.67. The number of hydrogen-bond donors (Lipinski definition) is 1. The van der Waals surface area contributed by atoms with Gasteiger partial charge in [0.2, 0.25) is 0 Å². The first-order valence-corrected chi connectivity index (χ1v) is 6.69. The lowest BCUT2D eigenvalue weighted by atomic mass is 9.96. The maximum absolute atomic E-state index is 5.95. The molecule has 0 unspecified atom stereocenters. The fraction of sp³-hybridized carbons (Fsp3) is 0.438. The van der Waals surface area contributed by atoms with Crippen LogP contribution in [0.5, 0.6) is 5.75 Å². The Labute approximate surface area is 115 Å². The van der Waals surface area contributed by atoms with Gasteiger partial charge in [0.15, 0.2) is 0 Å². The predicted octanol–water partition coefficient (Wildman–Crippen LogP) is 2.72. The molecular formula is C16H22NO2. The van der Waals surface area contributed by atoms with Crippen LogP contribution in [0, 0.1) is 6.92 Å². The highest BCUT2D eigenvalue weighted by Crippen LogP contribution is 2.19. The molecule has 1 saturated heterocycles. The van der Waals surface area contributed by atoms with Gasteiger partial charge in [0.1, 0.15) is 5.75 Å². The molecule has 1 aliphatic heterocycles. The molecule has 3 atom stereocenters. The Morgan fingerprint density at radius 1 is 1.32 bits per heavy atom. The van der Waals surface area contributed by atoms with Crippen molar-refractivity contribution in [3.8, 4) is 5.75 Å². The van der Waals surface area contributed by atoms with Gasteiger partial charge in [0.25, 0.3) is 0 Å². The van der Waals surface area contributed by atoms with Gasteiger partial charge >= 0.3 is 0 Å². The summed E-state index contributed by atoms with van der Waals surface area (Å²) in [6.45, 7) is 8.54. The van der Waals surface area contributed by atoms with Gasteiger partial charge in [0, 0.05) is 12.1 Å². The minimum Gasteiger partial charge on any atom is -0.497 e. The maximum atomic E-state index is 5.95. The van der Waals surface area contributed by atoms with E-state index in [2.05, 4.69) is 18.8 Å². The van der Waals surface area contributed by atoms with Crippen LogP contribution in [-0.4, -0.2) is 25.3 Å². The predicted molar refractivity (Wildman–Crippen MR) is 77.1 cm³/mol. The molecule has 3 heteroatoms. The summed E-state index contributed by atoms with van der Waals surface area (Å²) in [5, 5.41) is 3.40. The lowest BCUT2D eigenvalue weighted by molar-refractivity contribution is 0.00296. The van der Waals surface area contributed by atoms with E-state index >= 15 is 0 Å². The summed E-state index contributed by atoms with van der Waals surface area (Å²) < 4.78 is 11.1. The number of ether oxygens (including phenoxy) is 2. The van der Waals surface area contributed by atoms with E-state index in [-0.39, 0.29) is 12.1 Å². The van der Waals surface area contributed by atoms with Crippen molar-refractivity contribution in [3.63, 3.8) is 0 Å². The van der Waals surface area contributed by atoms with Crippen LogP contribution < -0.4 is 10.1 Å². The largest absolute Gasteiger partial charge is 0.497 e. The van der Waals surface area contributed by atoms with E-state index in [1.54, 1.807) is 7.11 Å². The molecule has 1 aliphatic rings. The zero-order chi connectivity index (χ0) is 13.7. The molecule has 0 amide bonds. The fourth-order valence-electron chi connectivity index (χ4n) is 2.32. The molecular weight excluding hydrogens is 238 g/mol. The van der Waals surface area contributed by atoms with Crippen molar-refractivity contribution < 1.29 is 9.47 Å². The molecule has 0 saturated carbocycles. The highest BCUT2D eigenvalue weighted by atomic mass is 16.5. The summed E-state index contributed by atoms with van der Waals surface area (Å²) in [5.74, 6) is 0.868. The van der Waals surface area contributed by atoms with Crippen molar-refractivity contribution in [2.75, 3.05) is 7.11 Å². The molecule has 0 aromatic heterocycles. The first kappa shape index (κ1) is 14.1. The van der Waals surface area contributed by atoms with E-state index in [1.165, 1.54) is 0 Å². The third kappa shape index (κ3) is 3.82. The number of rotatable bonds is 5. The van der Waals surface area contributed by atoms with E-state index in [0.29, 0.717) is 12.6 Å². The third-order valence-electron chi connectivity index (χ3n) is 3.55. The Balaban J connectivity index is 1.83. The number of benzene rings is 1. The van der Waals surface area contributed by atoms with Crippen LogP contribution in [-0.2, 0) is 11.3 Å². The van der Waals surface area contributed by atoms with Crippen LogP contribution in [0.25, 0.3) is 0 Å². The first-order valence-electron chi connectivity index (χ1n) is 6.69. The van der Waals surface area contributed by atoms with Gasteiger partial charge in [-0.2, -0.15) is 0 Å². The molecule has 1 fully saturated rings. The normalized spacial score (nSPS) is 26.9. The molecule has 19 heavy (non-hydrogen) atoms. The second-order valence-corrected chi connectivity index (χ2v) is 4.89. The van der Waals surface area contributed by atoms with Gasteiger partial charge in [-0.15, -0.1) is 6.58 Å². The molecule has 1 aromatic carbocycles. The third-order valence-corrected chi connectivity index (χ3v) is 3.55. The Kier molecular flexibility index (Phi) is 5.00. The lowest BCUT2D eigenvalue weighted by Gasteiger charge is -2.34. The highest BCUT2D eigenvalue weighted by Gasteiger charge is 2.25. The van der Waals surface area contributed by atoms with Crippen molar-refractivity contribution in [1.29, 1.82) is 0 Å². The molecule has 1 N–H and O–H groups in total. The molecule has 1 radical (unpaired) electrons. The van der Waals surface area contributed by atoms with E-state index in [4.69, 9.17) is 9.47 Å². The van der Waals surface area contributed by atoms with Gasteiger partial charge in [-0.3, -0.25) is 0 Å². The van der Waals surface area contributed by atoms with Gasteiger partial charge in [-0.1, -0.05) is 18.2 Å². The summed E-state index contributed by atoms with van der Waals surface area (Å²) in [6.07, 6.45) is 4.19. The van der Waals surface area contributed by atoms with E-state index < -0.39 is 0 Å². The fourth-order valence-corrected chi connectivity index (χ4v) is 2.32. The van der Waals surface area contributed by atoms with Crippen LogP contribution in [0.4, 0.5) is 0 Å². The topological polar surface area (TPSA) is 30.5 Å². The van der Waals surface area contributed by atoms with Crippen LogP contribution in [0.1, 0.15) is 18.4 Å². The zero-order valence-corrected chi connectivity index (χ0v) is 11.5. The van der Waals surface area contributed by atoms with Crippen molar-refractivity contribution in [3.05, 3.63) is 49.4 Å². The Bertz CT molecular complexity index is 402. The molecule has 1 heterocycles. The molecule has 1 aromatic rings. The van der Waals surface area contributed by atoms with Crippen molar-refractivity contribution in [2.45, 2.75) is 37.6 Å². The van der Waals surface area contributed by atoms with Crippen molar-refractivity contribution >= 4 is 0 Å². The average molecular weight is 260 g/mol. The minimum absolute atomic E-state index is 0.120. The number of piperidine rings is 1. The summed E-state index contributed by atoms with van der Waals surface area (Å²) in [6, 6.07) is 8.44. The maximum Gasteiger partial charge on any atom is 0.118 e. The van der Waals surface area contributed by atoms with Crippen LogP contribution in [0.3, 0.4) is 0 Å². The number of methoxy groups -OCH3 is 1. The van der Waals surface area contributed by atoms with Gasteiger partial charge in [0.05, 0.1) is 19.8 Å². The Hall–Kier alpha value is -1.32. The highest BCUT2D eigenvalue weighted by molar-refractivity contribution is 5.26. The summed E-state index contributed by atoms with van der Waals surface area (Å²) in [5.41, 5.74) is 1.15. The molecule has 0 spiro atoms. The van der Waals surface area contributed by atoms with E-state index in [9.17, 15) is 0 Å². The molecule has 2 rings (SSSR count). The second-order valence-electron chi connectivity index (χ2n) is 4.89. The van der Waals surface area contributed by atoms with Crippen molar-refractivity contribution in [1.82, 2.24) is 5.32 Å². The number of hydrogen-bond acceptors (Lipinski definition) is 3. The quantitative estimate of drug-likeness (QED) is 0.826.